The molecule has 0 atom stereocenters. The molecule has 2 aromatic heterocycles. The molecule has 21 heavy (non-hydrogen) atoms. The summed E-state index contributed by atoms with van der Waals surface area (Å²) in [6.45, 7) is 2.80. The van der Waals surface area contributed by atoms with Crippen LogP contribution in [0.3, 0.4) is 0 Å². The SMILES string of the molecule is CCOc1ncc(C(=O)NCCCc2nn[nH]n2)cc1Cl. The number of hydrogen-bond donors (Lipinski definition) is 2. The van der Waals surface area contributed by atoms with E-state index in [4.69, 9.17) is 16.3 Å². The fraction of sp³-hybridized carbons (Fsp3) is 0.417. The van der Waals surface area contributed by atoms with Crippen LogP contribution in [0.25, 0.3) is 0 Å². The van der Waals surface area contributed by atoms with E-state index in [0.717, 1.165) is 0 Å². The molecule has 2 N–H and O–H groups in total. The number of nitrogens with one attached hydrogen (secondary N) is 2. The fourth-order valence-electron chi connectivity index (χ4n) is 1.63. The highest BCUT2D eigenvalue weighted by Crippen LogP contribution is 2.22. The third kappa shape index (κ3) is 4.38. The lowest BCUT2D eigenvalue weighted by Gasteiger charge is -2.07. The Hall–Kier alpha value is -2.22. The second kappa shape index (κ2) is 7.53. The Kier molecular flexibility index (Phi) is 5.44. The van der Waals surface area contributed by atoms with Crippen LogP contribution in [-0.4, -0.2) is 44.7 Å². The average molecular weight is 311 g/mol. The standard InChI is InChI=1S/C12H15ClN6O2/c1-2-21-12-9(13)6-8(7-15-12)11(20)14-5-3-4-10-16-18-19-17-10/h6-7H,2-5H2,1H3,(H,14,20)(H,16,17,18,19). The number of carbonyl (C=O) groups is 1. The first kappa shape index (κ1) is 15.2. The summed E-state index contributed by atoms with van der Waals surface area (Å²) in [7, 11) is 0. The van der Waals surface area contributed by atoms with E-state index in [1.165, 1.54) is 12.3 Å². The lowest BCUT2D eigenvalue weighted by molar-refractivity contribution is 0.0952. The maximum Gasteiger partial charge on any atom is 0.252 e. The quantitative estimate of drug-likeness (QED) is 0.739. The molecule has 0 aliphatic carbocycles. The molecule has 112 valence electrons. The van der Waals surface area contributed by atoms with Gasteiger partial charge in [-0.05, 0) is 19.4 Å². The summed E-state index contributed by atoms with van der Waals surface area (Å²) in [5.41, 5.74) is 0.392. The van der Waals surface area contributed by atoms with E-state index in [1.54, 1.807) is 0 Å². The van der Waals surface area contributed by atoms with Crippen molar-refractivity contribution in [3.05, 3.63) is 28.7 Å². The summed E-state index contributed by atoms with van der Waals surface area (Å²) in [5.74, 6) is 0.711. The van der Waals surface area contributed by atoms with E-state index < -0.39 is 0 Å². The number of amides is 1. The van der Waals surface area contributed by atoms with E-state index >= 15 is 0 Å². The smallest absolute Gasteiger partial charge is 0.252 e. The van der Waals surface area contributed by atoms with Gasteiger partial charge in [0.15, 0.2) is 5.82 Å². The molecule has 0 fully saturated rings. The molecule has 9 heteroatoms. The molecule has 0 bridgehead atoms. The van der Waals surface area contributed by atoms with E-state index in [0.29, 0.717) is 48.3 Å². The summed E-state index contributed by atoms with van der Waals surface area (Å²) in [4.78, 5) is 15.9. The Labute approximate surface area is 126 Å². The molecule has 0 saturated heterocycles. The first-order valence-electron chi connectivity index (χ1n) is 6.49. The van der Waals surface area contributed by atoms with E-state index in [1.807, 2.05) is 6.92 Å². The van der Waals surface area contributed by atoms with Crippen molar-refractivity contribution in [1.82, 2.24) is 30.9 Å². The molecule has 0 spiro atoms. The molecule has 2 heterocycles. The first-order valence-corrected chi connectivity index (χ1v) is 6.87. The number of carbonyl (C=O) groups excluding carboxylic acids is 1. The van der Waals surface area contributed by atoms with Gasteiger partial charge in [-0.1, -0.05) is 16.8 Å². The molecule has 2 aromatic rings. The van der Waals surface area contributed by atoms with Gasteiger partial charge >= 0.3 is 0 Å². The normalized spacial score (nSPS) is 10.4. The van der Waals surface area contributed by atoms with E-state index in [9.17, 15) is 4.79 Å². The number of H-pyrrole nitrogens is 1. The second-order valence-electron chi connectivity index (χ2n) is 4.13. The molecule has 8 nitrogen and oxygen atoms in total. The minimum absolute atomic E-state index is 0.236. The Bertz CT molecular complexity index is 589. The van der Waals surface area contributed by atoms with Gasteiger partial charge in [-0.2, -0.15) is 5.21 Å². The lowest BCUT2D eigenvalue weighted by Crippen LogP contribution is -2.25. The van der Waals surface area contributed by atoms with Crippen molar-refractivity contribution in [2.24, 2.45) is 0 Å². The van der Waals surface area contributed by atoms with Gasteiger partial charge in [-0.15, -0.1) is 10.2 Å². The molecule has 0 unspecified atom stereocenters. The minimum Gasteiger partial charge on any atom is -0.477 e. The van der Waals surface area contributed by atoms with Gasteiger partial charge in [0.25, 0.3) is 5.91 Å². The van der Waals surface area contributed by atoms with Crippen molar-refractivity contribution in [1.29, 1.82) is 0 Å². The fourth-order valence-corrected chi connectivity index (χ4v) is 1.85. The summed E-state index contributed by atoms with van der Waals surface area (Å²) in [6.07, 6.45) is 2.79. The second-order valence-corrected chi connectivity index (χ2v) is 4.54. The molecule has 0 radical (unpaired) electrons. The Morgan fingerprint density at radius 3 is 3.05 bits per heavy atom. The topological polar surface area (TPSA) is 106 Å². The number of pyridine rings is 1. The number of nitrogens with zero attached hydrogens (tertiary/aromatic N) is 4. The number of ether oxygens (including phenoxy) is 1. The monoisotopic (exact) mass is 310 g/mol. The predicted octanol–water partition coefficient (Wildman–Crippen LogP) is 1.01. The van der Waals surface area contributed by atoms with Crippen molar-refractivity contribution in [2.45, 2.75) is 19.8 Å². The molecule has 0 aliphatic rings. The van der Waals surface area contributed by atoms with Crippen LogP contribution in [0.1, 0.15) is 29.5 Å². The molecule has 1 amide bonds. The Balaban J connectivity index is 1.81. The van der Waals surface area contributed by atoms with Crippen molar-refractivity contribution >= 4 is 17.5 Å². The van der Waals surface area contributed by atoms with Crippen LogP contribution in [0.4, 0.5) is 0 Å². The first-order chi connectivity index (χ1) is 10.2. The van der Waals surface area contributed by atoms with Crippen LogP contribution < -0.4 is 10.1 Å². The Morgan fingerprint density at radius 1 is 1.52 bits per heavy atom. The van der Waals surface area contributed by atoms with Gasteiger partial charge < -0.3 is 10.1 Å². The van der Waals surface area contributed by atoms with Crippen LogP contribution in [0, 0.1) is 0 Å². The van der Waals surface area contributed by atoms with Crippen molar-refractivity contribution in [3.8, 4) is 5.88 Å². The molecular weight excluding hydrogens is 296 g/mol. The highest BCUT2D eigenvalue weighted by molar-refractivity contribution is 6.32. The predicted molar refractivity (Wildman–Crippen MR) is 75.2 cm³/mol. The summed E-state index contributed by atoms with van der Waals surface area (Å²) >= 11 is 5.99. The zero-order chi connectivity index (χ0) is 15.1. The molecule has 0 aromatic carbocycles. The van der Waals surface area contributed by atoms with Gasteiger partial charge in [-0.3, -0.25) is 4.79 Å². The summed E-state index contributed by atoms with van der Waals surface area (Å²) in [5, 5.41) is 16.6. The van der Waals surface area contributed by atoms with E-state index in [-0.39, 0.29) is 5.91 Å². The average Bonchev–Trinajstić information content (AvgIpc) is 2.99. The van der Waals surface area contributed by atoms with Gasteiger partial charge in [-0.25, -0.2) is 4.98 Å². The number of halogens is 1. The van der Waals surface area contributed by atoms with Gasteiger partial charge in [0.05, 0.1) is 12.2 Å². The van der Waals surface area contributed by atoms with Crippen molar-refractivity contribution < 1.29 is 9.53 Å². The maximum atomic E-state index is 11.9. The number of aromatic nitrogens is 5. The highest BCUT2D eigenvalue weighted by atomic mass is 35.5. The number of rotatable bonds is 7. The van der Waals surface area contributed by atoms with Crippen molar-refractivity contribution in [3.63, 3.8) is 0 Å². The molecule has 0 aliphatic heterocycles. The lowest BCUT2D eigenvalue weighted by atomic mass is 10.2. The maximum absolute atomic E-state index is 11.9. The molecular formula is C12H15ClN6O2. The summed E-state index contributed by atoms with van der Waals surface area (Å²) < 4.78 is 5.21. The van der Waals surface area contributed by atoms with Gasteiger partial charge in [0.1, 0.15) is 5.02 Å². The largest absolute Gasteiger partial charge is 0.477 e. The van der Waals surface area contributed by atoms with Crippen LogP contribution in [0.2, 0.25) is 5.02 Å². The third-order valence-corrected chi connectivity index (χ3v) is 2.87. The van der Waals surface area contributed by atoms with E-state index in [2.05, 4.69) is 30.9 Å². The zero-order valence-electron chi connectivity index (χ0n) is 11.5. The third-order valence-electron chi connectivity index (χ3n) is 2.60. The number of tetrazole rings is 1. The van der Waals surface area contributed by atoms with Crippen LogP contribution in [0.15, 0.2) is 12.3 Å². The molecule has 0 saturated carbocycles. The number of aromatic amines is 1. The number of hydrogen-bond acceptors (Lipinski definition) is 6. The van der Waals surface area contributed by atoms with Crippen LogP contribution in [0.5, 0.6) is 5.88 Å². The van der Waals surface area contributed by atoms with Gasteiger partial charge in [0.2, 0.25) is 5.88 Å². The van der Waals surface area contributed by atoms with Crippen molar-refractivity contribution in [2.75, 3.05) is 13.2 Å². The minimum atomic E-state index is -0.236. The van der Waals surface area contributed by atoms with Crippen LogP contribution in [-0.2, 0) is 6.42 Å². The number of aryl methyl sites for hydroxylation is 1. The van der Waals surface area contributed by atoms with Gasteiger partial charge in [0, 0.05) is 19.2 Å². The summed E-state index contributed by atoms with van der Waals surface area (Å²) in [6, 6.07) is 1.54. The molecule has 2 rings (SSSR count). The van der Waals surface area contributed by atoms with Crippen LogP contribution >= 0.6 is 11.6 Å². The Morgan fingerprint density at radius 2 is 2.38 bits per heavy atom. The zero-order valence-corrected chi connectivity index (χ0v) is 12.2. The highest BCUT2D eigenvalue weighted by Gasteiger charge is 2.10.